The number of hydrogen-bond donors (Lipinski definition) is 1. The molecule has 0 aliphatic rings. The highest BCUT2D eigenvalue weighted by Crippen LogP contribution is 2.22. The summed E-state index contributed by atoms with van der Waals surface area (Å²) in [4.78, 5) is 8.30. The second-order valence-corrected chi connectivity index (χ2v) is 3.31. The number of hydrogen-bond acceptors (Lipinski definition) is 3. The van der Waals surface area contributed by atoms with Gasteiger partial charge >= 0.3 is 0 Å². The number of anilines is 1. The number of nitrogens with zero attached hydrogens (tertiary/aromatic N) is 4. The van der Waals surface area contributed by atoms with Crippen molar-refractivity contribution in [2.45, 2.75) is 6.54 Å². The van der Waals surface area contributed by atoms with Crippen molar-refractivity contribution in [1.29, 1.82) is 0 Å². The Morgan fingerprint density at radius 3 is 2.93 bits per heavy atom. The predicted molar refractivity (Wildman–Crippen MR) is 59.0 cm³/mol. The molecular weight excluding hydrogens is 190 g/mol. The minimum atomic E-state index is 0.638. The molecule has 2 N–H and O–H groups in total. The van der Waals surface area contributed by atoms with Gasteiger partial charge < -0.3 is 14.9 Å². The molecule has 78 valence electrons. The molecule has 0 bridgehead atoms. The number of nitrogen functional groups attached to an aromatic ring is 1. The van der Waals surface area contributed by atoms with Crippen molar-refractivity contribution >= 4 is 5.82 Å². The van der Waals surface area contributed by atoms with Gasteiger partial charge in [0.15, 0.2) is 0 Å². The van der Waals surface area contributed by atoms with E-state index in [9.17, 15) is 0 Å². The first kappa shape index (κ1) is 9.51. The minimum absolute atomic E-state index is 0.638. The van der Waals surface area contributed by atoms with E-state index in [-0.39, 0.29) is 0 Å². The number of imidazole rings is 2. The molecule has 0 aliphatic carbocycles. The molecule has 0 atom stereocenters. The standard InChI is InChI=1S/C10H13N5/c1-3-4-15-7-13-9(10(15)11)8-5-12-6-14(8)2/h3,5-7H,1,4,11H2,2H3. The van der Waals surface area contributed by atoms with Gasteiger partial charge in [-0.3, -0.25) is 0 Å². The van der Waals surface area contributed by atoms with E-state index in [4.69, 9.17) is 5.73 Å². The number of aryl methyl sites for hydroxylation is 1. The molecule has 2 heterocycles. The van der Waals surface area contributed by atoms with Crippen molar-refractivity contribution in [3.8, 4) is 11.4 Å². The largest absolute Gasteiger partial charge is 0.383 e. The lowest BCUT2D eigenvalue weighted by Gasteiger charge is -2.02. The van der Waals surface area contributed by atoms with Gasteiger partial charge in [0.2, 0.25) is 0 Å². The lowest BCUT2D eigenvalue weighted by molar-refractivity contribution is 0.833. The zero-order valence-corrected chi connectivity index (χ0v) is 8.59. The maximum atomic E-state index is 5.96. The fourth-order valence-corrected chi connectivity index (χ4v) is 1.46. The van der Waals surface area contributed by atoms with Gasteiger partial charge in [-0.25, -0.2) is 9.97 Å². The summed E-state index contributed by atoms with van der Waals surface area (Å²) in [5.74, 6) is 0.638. The Morgan fingerprint density at radius 1 is 1.53 bits per heavy atom. The third-order valence-corrected chi connectivity index (χ3v) is 2.26. The Bertz CT molecular complexity index is 480. The smallest absolute Gasteiger partial charge is 0.133 e. The molecule has 0 fully saturated rings. The summed E-state index contributed by atoms with van der Waals surface area (Å²) in [5, 5.41) is 0. The first-order valence-electron chi connectivity index (χ1n) is 4.62. The molecule has 0 aliphatic heterocycles. The monoisotopic (exact) mass is 203 g/mol. The minimum Gasteiger partial charge on any atom is -0.383 e. The normalized spacial score (nSPS) is 10.5. The molecule has 2 aromatic rings. The summed E-state index contributed by atoms with van der Waals surface area (Å²) < 4.78 is 3.73. The predicted octanol–water partition coefficient (Wildman–Crippen LogP) is 1.05. The van der Waals surface area contributed by atoms with Crippen molar-refractivity contribution in [2.24, 2.45) is 7.05 Å². The summed E-state index contributed by atoms with van der Waals surface area (Å²) in [5.41, 5.74) is 7.63. The molecule has 0 amide bonds. The van der Waals surface area contributed by atoms with E-state index in [0.29, 0.717) is 12.4 Å². The zero-order valence-electron chi connectivity index (χ0n) is 8.59. The molecule has 0 saturated carbocycles. The first-order chi connectivity index (χ1) is 7.24. The maximum absolute atomic E-state index is 5.96. The van der Waals surface area contributed by atoms with Crippen LogP contribution >= 0.6 is 0 Å². The third kappa shape index (κ3) is 1.52. The number of aromatic nitrogens is 4. The molecule has 2 rings (SSSR count). The highest BCUT2D eigenvalue weighted by molar-refractivity contribution is 5.67. The van der Waals surface area contributed by atoms with Gasteiger partial charge in [-0.2, -0.15) is 0 Å². The van der Waals surface area contributed by atoms with Gasteiger partial charge in [0.05, 0.1) is 24.5 Å². The summed E-state index contributed by atoms with van der Waals surface area (Å²) in [6.45, 7) is 4.33. The van der Waals surface area contributed by atoms with Gasteiger partial charge in [0.25, 0.3) is 0 Å². The molecule has 0 saturated heterocycles. The van der Waals surface area contributed by atoms with Crippen molar-refractivity contribution in [1.82, 2.24) is 19.1 Å². The average Bonchev–Trinajstić information content (AvgIpc) is 2.76. The van der Waals surface area contributed by atoms with Crippen molar-refractivity contribution in [2.75, 3.05) is 5.73 Å². The summed E-state index contributed by atoms with van der Waals surface area (Å²) >= 11 is 0. The van der Waals surface area contributed by atoms with E-state index < -0.39 is 0 Å². The van der Waals surface area contributed by atoms with E-state index in [1.807, 2.05) is 16.2 Å². The van der Waals surface area contributed by atoms with E-state index >= 15 is 0 Å². The van der Waals surface area contributed by atoms with Crippen molar-refractivity contribution < 1.29 is 0 Å². The van der Waals surface area contributed by atoms with Crippen molar-refractivity contribution in [3.05, 3.63) is 31.5 Å². The second kappa shape index (κ2) is 3.61. The fraction of sp³-hybridized carbons (Fsp3) is 0.200. The Hall–Kier alpha value is -2.04. The topological polar surface area (TPSA) is 61.7 Å². The molecule has 5 nitrogen and oxygen atoms in total. The highest BCUT2D eigenvalue weighted by Gasteiger charge is 2.11. The van der Waals surface area contributed by atoms with Gasteiger partial charge in [-0.05, 0) is 0 Å². The van der Waals surface area contributed by atoms with Crippen LogP contribution in [0.5, 0.6) is 0 Å². The Morgan fingerprint density at radius 2 is 2.33 bits per heavy atom. The Kier molecular flexibility index (Phi) is 2.29. The third-order valence-electron chi connectivity index (χ3n) is 2.26. The molecule has 5 heteroatoms. The zero-order chi connectivity index (χ0) is 10.8. The van der Waals surface area contributed by atoms with Gasteiger partial charge in [-0.15, -0.1) is 6.58 Å². The van der Waals surface area contributed by atoms with Gasteiger partial charge in [0.1, 0.15) is 11.5 Å². The van der Waals surface area contributed by atoms with E-state index in [0.717, 1.165) is 11.4 Å². The van der Waals surface area contributed by atoms with Crippen LogP contribution in [0.2, 0.25) is 0 Å². The molecule has 0 aromatic carbocycles. The lowest BCUT2D eigenvalue weighted by Crippen LogP contribution is -2.01. The van der Waals surface area contributed by atoms with Gasteiger partial charge in [-0.1, -0.05) is 6.08 Å². The molecule has 0 radical (unpaired) electrons. The van der Waals surface area contributed by atoms with Crippen LogP contribution < -0.4 is 5.73 Å². The molecular formula is C10H13N5. The summed E-state index contributed by atoms with van der Waals surface area (Å²) in [6, 6.07) is 0. The van der Waals surface area contributed by atoms with Crippen LogP contribution in [0.25, 0.3) is 11.4 Å². The SMILES string of the molecule is C=CCn1cnc(-c2cncn2C)c1N. The first-order valence-corrected chi connectivity index (χ1v) is 4.62. The second-order valence-electron chi connectivity index (χ2n) is 3.31. The average molecular weight is 203 g/mol. The van der Waals surface area contributed by atoms with Crippen LogP contribution in [0.1, 0.15) is 0 Å². The summed E-state index contributed by atoms with van der Waals surface area (Å²) in [7, 11) is 1.91. The van der Waals surface area contributed by atoms with E-state index in [1.54, 1.807) is 24.9 Å². The van der Waals surface area contributed by atoms with Crippen LogP contribution in [0.15, 0.2) is 31.5 Å². The quantitative estimate of drug-likeness (QED) is 0.758. The molecule has 0 spiro atoms. The molecule has 0 unspecified atom stereocenters. The lowest BCUT2D eigenvalue weighted by atomic mass is 10.3. The Balaban J connectivity index is 2.46. The fourth-order valence-electron chi connectivity index (χ4n) is 1.46. The highest BCUT2D eigenvalue weighted by atomic mass is 15.1. The number of allylic oxidation sites excluding steroid dienone is 1. The Labute approximate surface area is 87.9 Å². The van der Waals surface area contributed by atoms with Crippen LogP contribution in [0.3, 0.4) is 0 Å². The maximum Gasteiger partial charge on any atom is 0.133 e. The van der Waals surface area contributed by atoms with Crippen LogP contribution in [0.4, 0.5) is 5.82 Å². The van der Waals surface area contributed by atoms with E-state index in [2.05, 4.69) is 16.5 Å². The van der Waals surface area contributed by atoms with Crippen LogP contribution in [0, 0.1) is 0 Å². The van der Waals surface area contributed by atoms with Crippen LogP contribution in [-0.4, -0.2) is 19.1 Å². The molecule has 2 aromatic heterocycles. The number of nitrogens with two attached hydrogens (primary N) is 1. The van der Waals surface area contributed by atoms with Crippen molar-refractivity contribution in [3.63, 3.8) is 0 Å². The number of rotatable bonds is 3. The van der Waals surface area contributed by atoms with Gasteiger partial charge in [0, 0.05) is 13.6 Å². The summed E-state index contributed by atoms with van der Waals surface area (Å²) in [6.07, 6.45) is 6.96. The van der Waals surface area contributed by atoms with E-state index in [1.165, 1.54) is 0 Å². The van der Waals surface area contributed by atoms with Crippen LogP contribution in [-0.2, 0) is 13.6 Å². The molecule has 15 heavy (non-hydrogen) atoms.